The summed E-state index contributed by atoms with van der Waals surface area (Å²) in [6, 6.07) is 24.8. The Balaban J connectivity index is 1.40. The Morgan fingerprint density at radius 2 is 1.53 bits per heavy atom. The van der Waals surface area contributed by atoms with Crippen molar-refractivity contribution in [3.05, 3.63) is 100 Å². The first-order valence-electron chi connectivity index (χ1n) is 10.3. The molecule has 0 atom stereocenters. The van der Waals surface area contributed by atoms with Gasteiger partial charge >= 0.3 is 0 Å². The van der Waals surface area contributed by atoms with Gasteiger partial charge in [0, 0.05) is 5.56 Å². The van der Waals surface area contributed by atoms with E-state index in [1.165, 1.54) is 10.5 Å². The summed E-state index contributed by atoms with van der Waals surface area (Å²) in [5.41, 5.74) is 2.83. The molecule has 162 valence electrons. The number of amides is 2. The molecular formula is C26H23NO4S. The number of hydrogen-bond acceptors (Lipinski definition) is 5. The minimum Gasteiger partial charge on any atom is -0.490 e. The number of nitrogens with zero attached hydrogens (tertiary/aromatic N) is 1. The highest BCUT2D eigenvalue weighted by Crippen LogP contribution is 2.34. The molecule has 0 bridgehead atoms. The summed E-state index contributed by atoms with van der Waals surface area (Å²) in [6.45, 7) is 3.04. The SMILES string of the molecule is Cc1ccc(OCCOc2ccccc2/C=C2\SC(=O)N(Cc3ccccc3)C2=O)cc1. The Hall–Kier alpha value is -3.51. The molecule has 1 heterocycles. The van der Waals surface area contributed by atoms with Gasteiger partial charge in [-0.15, -0.1) is 0 Å². The molecule has 6 heteroatoms. The lowest BCUT2D eigenvalue weighted by Crippen LogP contribution is -2.27. The fraction of sp³-hybridized carbons (Fsp3) is 0.154. The zero-order chi connectivity index (χ0) is 22.3. The van der Waals surface area contributed by atoms with E-state index in [1.54, 1.807) is 6.08 Å². The Morgan fingerprint density at radius 1 is 0.844 bits per heavy atom. The summed E-state index contributed by atoms with van der Waals surface area (Å²) in [5, 5.41) is -0.269. The number of para-hydroxylation sites is 1. The maximum Gasteiger partial charge on any atom is 0.293 e. The van der Waals surface area contributed by atoms with Gasteiger partial charge in [0.05, 0.1) is 11.4 Å². The van der Waals surface area contributed by atoms with Crippen LogP contribution in [0.25, 0.3) is 6.08 Å². The first-order chi connectivity index (χ1) is 15.6. The van der Waals surface area contributed by atoms with E-state index in [9.17, 15) is 9.59 Å². The van der Waals surface area contributed by atoms with Gasteiger partial charge < -0.3 is 9.47 Å². The van der Waals surface area contributed by atoms with Gasteiger partial charge in [-0.2, -0.15) is 0 Å². The Morgan fingerprint density at radius 3 is 2.31 bits per heavy atom. The lowest BCUT2D eigenvalue weighted by molar-refractivity contribution is -0.123. The van der Waals surface area contributed by atoms with E-state index < -0.39 is 0 Å². The lowest BCUT2D eigenvalue weighted by Gasteiger charge is -2.12. The second-order valence-electron chi connectivity index (χ2n) is 7.30. The standard InChI is InChI=1S/C26H23NO4S/c1-19-11-13-22(14-12-19)30-15-16-31-23-10-6-5-9-21(23)17-24-25(28)27(26(29)32-24)18-20-7-3-2-4-8-20/h2-14,17H,15-16,18H2,1H3/b24-17-. The molecule has 3 aromatic rings. The van der Waals surface area contributed by atoms with Crippen LogP contribution in [0.5, 0.6) is 11.5 Å². The Bertz CT molecular complexity index is 1130. The number of carbonyl (C=O) groups is 2. The molecular weight excluding hydrogens is 422 g/mol. The Kier molecular flexibility index (Phi) is 6.92. The molecule has 2 amide bonds. The maximum atomic E-state index is 12.8. The molecule has 0 unspecified atom stereocenters. The molecule has 1 fully saturated rings. The zero-order valence-electron chi connectivity index (χ0n) is 17.7. The molecule has 4 rings (SSSR count). The average Bonchev–Trinajstić information content (AvgIpc) is 3.07. The van der Waals surface area contributed by atoms with Crippen LogP contribution in [0, 0.1) is 6.92 Å². The highest BCUT2D eigenvalue weighted by Gasteiger charge is 2.35. The predicted octanol–water partition coefficient (Wildman–Crippen LogP) is 5.69. The summed E-state index contributed by atoms with van der Waals surface area (Å²) in [6.07, 6.45) is 1.71. The van der Waals surface area contributed by atoms with E-state index in [4.69, 9.17) is 9.47 Å². The molecule has 0 radical (unpaired) electrons. The highest BCUT2D eigenvalue weighted by molar-refractivity contribution is 8.18. The third kappa shape index (κ3) is 5.39. The van der Waals surface area contributed by atoms with E-state index >= 15 is 0 Å². The molecule has 0 saturated carbocycles. The minimum absolute atomic E-state index is 0.261. The van der Waals surface area contributed by atoms with Crippen LogP contribution in [0.3, 0.4) is 0 Å². The van der Waals surface area contributed by atoms with Crippen molar-refractivity contribution in [3.8, 4) is 11.5 Å². The number of imide groups is 1. The van der Waals surface area contributed by atoms with Crippen LogP contribution in [0.4, 0.5) is 4.79 Å². The fourth-order valence-corrected chi connectivity index (χ4v) is 4.05. The van der Waals surface area contributed by atoms with Crippen molar-refractivity contribution in [2.45, 2.75) is 13.5 Å². The molecule has 1 aliphatic heterocycles. The fourth-order valence-electron chi connectivity index (χ4n) is 3.22. The number of aryl methyl sites for hydroxylation is 1. The molecule has 32 heavy (non-hydrogen) atoms. The number of benzene rings is 3. The molecule has 1 saturated heterocycles. The van der Waals surface area contributed by atoms with Crippen LogP contribution in [0.1, 0.15) is 16.7 Å². The summed E-state index contributed by atoms with van der Waals surface area (Å²) in [5.74, 6) is 1.14. The topological polar surface area (TPSA) is 55.8 Å². The van der Waals surface area contributed by atoms with Crippen molar-refractivity contribution in [2.24, 2.45) is 0 Å². The van der Waals surface area contributed by atoms with Gasteiger partial charge in [0.15, 0.2) is 0 Å². The van der Waals surface area contributed by atoms with Crippen LogP contribution in [0.15, 0.2) is 83.8 Å². The lowest BCUT2D eigenvalue weighted by atomic mass is 10.1. The number of rotatable bonds is 8. The second-order valence-corrected chi connectivity index (χ2v) is 8.29. The highest BCUT2D eigenvalue weighted by atomic mass is 32.2. The van der Waals surface area contributed by atoms with E-state index in [0.29, 0.717) is 23.9 Å². The zero-order valence-corrected chi connectivity index (χ0v) is 18.5. The number of thioether (sulfide) groups is 1. The quantitative estimate of drug-likeness (QED) is 0.329. The molecule has 1 aliphatic rings. The molecule has 0 aliphatic carbocycles. The predicted molar refractivity (Wildman–Crippen MR) is 127 cm³/mol. The van der Waals surface area contributed by atoms with E-state index in [2.05, 4.69) is 0 Å². The largest absolute Gasteiger partial charge is 0.490 e. The summed E-state index contributed by atoms with van der Waals surface area (Å²) >= 11 is 0.950. The van der Waals surface area contributed by atoms with Crippen molar-refractivity contribution < 1.29 is 19.1 Å². The van der Waals surface area contributed by atoms with Crippen LogP contribution >= 0.6 is 11.8 Å². The van der Waals surface area contributed by atoms with Crippen LogP contribution in [-0.4, -0.2) is 29.3 Å². The Labute approximate surface area is 191 Å². The van der Waals surface area contributed by atoms with E-state index in [-0.39, 0.29) is 17.7 Å². The van der Waals surface area contributed by atoms with Gasteiger partial charge in [-0.05, 0) is 48.5 Å². The summed E-state index contributed by atoms with van der Waals surface area (Å²) in [4.78, 5) is 26.9. The molecule has 3 aromatic carbocycles. The van der Waals surface area contributed by atoms with Crippen molar-refractivity contribution in [1.29, 1.82) is 0 Å². The first-order valence-corrected chi connectivity index (χ1v) is 11.1. The number of carbonyl (C=O) groups excluding carboxylic acids is 2. The maximum absolute atomic E-state index is 12.8. The van der Waals surface area contributed by atoms with E-state index in [0.717, 1.165) is 28.6 Å². The van der Waals surface area contributed by atoms with Crippen LogP contribution in [-0.2, 0) is 11.3 Å². The monoisotopic (exact) mass is 445 g/mol. The smallest absolute Gasteiger partial charge is 0.293 e. The third-order valence-electron chi connectivity index (χ3n) is 4.89. The van der Waals surface area contributed by atoms with Crippen molar-refractivity contribution in [1.82, 2.24) is 4.90 Å². The van der Waals surface area contributed by atoms with Crippen molar-refractivity contribution in [2.75, 3.05) is 13.2 Å². The van der Waals surface area contributed by atoms with Gasteiger partial charge in [0.25, 0.3) is 11.1 Å². The molecule has 0 spiro atoms. The van der Waals surface area contributed by atoms with Gasteiger partial charge in [0.2, 0.25) is 0 Å². The van der Waals surface area contributed by atoms with Crippen molar-refractivity contribution >= 4 is 29.0 Å². The second kappa shape index (κ2) is 10.2. The molecule has 0 N–H and O–H groups in total. The van der Waals surface area contributed by atoms with E-state index in [1.807, 2.05) is 85.8 Å². The van der Waals surface area contributed by atoms with Gasteiger partial charge in [-0.1, -0.05) is 66.2 Å². The van der Waals surface area contributed by atoms with Crippen LogP contribution in [0.2, 0.25) is 0 Å². The van der Waals surface area contributed by atoms with Crippen molar-refractivity contribution in [3.63, 3.8) is 0 Å². The summed E-state index contributed by atoms with van der Waals surface area (Å²) < 4.78 is 11.6. The van der Waals surface area contributed by atoms with Crippen LogP contribution < -0.4 is 9.47 Å². The van der Waals surface area contributed by atoms with Gasteiger partial charge in [-0.3, -0.25) is 14.5 Å². The first kappa shape index (κ1) is 21.7. The molecule has 5 nitrogen and oxygen atoms in total. The van der Waals surface area contributed by atoms with Gasteiger partial charge in [0.1, 0.15) is 24.7 Å². The normalized spacial score (nSPS) is 14.8. The minimum atomic E-state index is -0.290. The van der Waals surface area contributed by atoms with Gasteiger partial charge in [-0.25, -0.2) is 0 Å². The number of hydrogen-bond donors (Lipinski definition) is 0. The number of ether oxygens (including phenoxy) is 2. The summed E-state index contributed by atoms with van der Waals surface area (Å²) in [7, 11) is 0. The third-order valence-corrected chi connectivity index (χ3v) is 5.80. The average molecular weight is 446 g/mol. The molecule has 0 aromatic heterocycles.